The second-order valence-corrected chi connectivity index (χ2v) is 6.59. The summed E-state index contributed by atoms with van der Waals surface area (Å²) in [7, 11) is 0. The van der Waals surface area contributed by atoms with Gasteiger partial charge >= 0.3 is 0 Å². The normalized spacial score (nSPS) is 24.5. The third-order valence-electron chi connectivity index (χ3n) is 4.48. The molecule has 1 fully saturated rings. The highest BCUT2D eigenvalue weighted by Crippen LogP contribution is 2.46. The Morgan fingerprint density at radius 1 is 1.26 bits per heavy atom. The second kappa shape index (κ2) is 5.16. The van der Waals surface area contributed by atoms with Gasteiger partial charge in [-0.05, 0) is 44.2 Å². The Kier molecular flexibility index (Phi) is 3.53. The molecule has 104 valence electrons. The van der Waals surface area contributed by atoms with E-state index in [1.54, 1.807) is 0 Å². The number of benzene rings is 1. The fraction of sp³-hybridized carbons (Fsp3) is 0.647. The molecule has 2 aliphatic rings. The predicted octanol–water partition coefficient (Wildman–Crippen LogP) is 4.07. The van der Waals surface area contributed by atoms with E-state index in [2.05, 4.69) is 43.4 Å². The first kappa shape index (κ1) is 13.0. The standard InChI is InChI=1S/C17H25NO/c1-13(2)12-18-15-11-17(9-5-6-10-17)19-16-8-4-3-7-14(15)16/h3-4,7-8,13,15,18H,5-6,9-12H2,1-2H3. The average Bonchev–Trinajstić information content (AvgIpc) is 2.83. The number of hydrogen-bond acceptors (Lipinski definition) is 2. The predicted molar refractivity (Wildman–Crippen MR) is 78.5 cm³/mol. The van der Waals surface area contributed by atoms with Gasteiger partial charge in [0.25, 0.3) is 0 Å². The van der Waals surface area contributed by atoms with E-state index in [0.717, 1.165) is 18.7 Å². The summed E-state index contributed by atoms with van der Waals surface area (Å²) in [6.45, 7) is 5.61. The molecule has 0 amide bonds. The zero-order valence-electron chi connectivity index (χ0n) is 12.1. The van der Waals surface area contributed by atoms with Crippen LogP contribution in [0, 0.1) is 5.92 Å². The van der Waals surface area contributed by atoms with E-state index in [4.69, 9.17) is 4.74 Å². The van der Waals surface area contributed by atoms with Gasteiger partial charge in [-0.2, -0.15) is 0 Å². The Morgan fingerprint density at radius 2 is 2.00 bits per heavy atom. The van der Waals surface area contributed by atoms with Crippen molar-refractivity contribution >= 4 is 0 Å². The number of rotatable bonds is 3. The highest BCUT2D eigenvalue weighted by Gasteiger charge is 2.42. The molecule has 0 bridgehead atoms. The lowest BCUT2D eigenvalue weighted by molar-refractivity contribution is 0.0363. The summed E-state index contributed by atoms with van der Waals surface area (Å²) in [5, 5.41) is 3.75. The van der Waals surface area contributed by atoms with Crippen molar-refractivity contribution in [2.45, 2.75) is 57.6 Å². The molecule has 1 aliphatic carbocycles. The van der Waals surface area contributed by atoms with E-state index in [0.29, 0.717) is 12.0 Å². The van der Waals surface area contributed by atoms with Gasteiger partial charge in [-0.25, -0.2) is 0 Å². The van der Waals surface area contributed by atoms with E-state index < -0.39 is 0 Å². The van der Waals surface area contributed by atoms with E-state index in [1.165, 1.54) is 31.2 Å². The lowest BCUT2D eigenvalue weighted by Crippen LogP contribution is -2.42. The molecule has 0 radical (unpaired) electrons. The molecule has 1 heterocycles. The van der Waals surface area contributed by atoms with Gasteiger partial charge in [0.15, 0.2) is 0 Å². The fourth-order valence-electron chi connectivity index (χ4n) is 3.50. The summed E-state index contributed by atoms with van der Waals surface area (Å²) in [6.07, 6.45) is 6.22. The van der Waals surface area contributed by atoms with Crippen LogP contribution in [0.5, 0.6) is 5.75 Å². The van der Waals surface area contributed by atoms with E-state index in [-0.39, 0.29) is 5.60 Å². The zero-order chi connectivity index (χ0) is 13.3. The highest BCUT2D eigenvalue weighted by atomic mass is 16.5. The summed E-state index contributed by atoms with van der Waals surface area (Å²) in [5.41, 5.74) is 1.46. The molecule has 2 nitrogen and oxygen atoms in total. The van der Waals surface area contributed by atoms with Crippen LogP contribution in [0.25, 0.3) is 0 Å². The molecule has 3 rings (SSSR count). The summed E-state index contributed by atoms with van der Waals surface area (Å²) < 4.78 is 6.38. The number of nitrogens with one attached hydrogen (secondary N) is 1. The summed E-state index contributed by atoms with van der Waals surface area (Å²) in [4.78, 5) is 0. The van der Waals surface area contributed by atoms with Gasteiger partial charge in [0.05, 0.1) is 0 Å². The molecule has 0 aromatic heterocycles. The summed E-state index contributed by atoms with van der Waals surface area (Å²) in [5.74, 6) is 1.80. The van der Waals surface area contributed by atoms with E-state index >= 15 is 0 Å². The molecule has 1 saturated carbocycles. The number of fused-ring (bicyclic) bond motifs is 1. The minimum atomic E-state index is 0.114. The van der Waals surface area contributed by atoms with Crippen LogP contribution >= 0.6 is 0 Å². The van der Waals surface area contributed by atoms with Gasteiger partial charge in [0.2, 0.25) is 0 Å². The Bertz CT molecular complexity index is 435. The first-order chi connectivity index (χ1) is 9.19. The Balaban J connectivity index is 1.85. The zero-order valence-corrected chi connectivity index (χ0v) is 12.1. The molecule has 0 saturated heterocycles. The maximum atomic E-state index is 6.38. The second-order valence-electron chi connectivity index (χ2n) is 6.59. The lowest BCUT2D eigenvalue weighted by Gasteiger charge is -2.40. The van der Waals surface area contributed by atoms with Crippen LogP contribution in [0.1, 0.15) is 57.6 Å². The third-order valence-corrected chi connectivity index (χ3v) is 4.48. The molecular formula is C17H25NO. The van der Waals surface area contributed by atoms with E-state index in [9.17, 15) is 0 Å². The molecule has 1 unspecified atom stereocenters. The SMILES string of the molecule is CC(C)CNC1CC2(CCCC2)Oc2ccccc21. The van der Waals surface area contributed by atoms with Crippen LogP contribution in [0.4, 0.5) is 0 Å². The Hall–Kier alpha value is -1.02. The van der Waals surface area contributed by atoms with Gasteiger partial charge < -0.3 is 10.1 Å². The summed E-state index contributed by atoms with van der Waals surface area (Å²) >= 11 is 0. The number of ether oxygens (including phenoxy) is 1. The molecule has 1 N–H and O–H groups in total. The maximum absolute atomic E-state index is 6.38. The molecule has 1 aromatic carbocycles. The topological polar surface area (TPSA) is 21.3 Å². The Morgan fingerprint density at radius 3 is 2.74 bits per heavy atom. The quantitative estimate of drug-likeness (QED) is 0.883. The molecule has 1 atom stereocenters. The van der Waals surface area contributed by atoms with Crippen molar-refractivity contribution in [2.75, 3.05) is 6.54 Å². The molecule has 1 aromatic rings. The number of para-hydroxylation sites is 1. The van der Waals surface area contributed by atoms with Crippen LogP contribution < -0.4 is 10.1 Å². The molecule has 19 heavy (non-hydrogen) atoms. The van der Waals surface area contributed by atoms with Crippen molar-refractivity contribution < 1.29 is 4.74 Å². The van der Waals surface area contributed by atoms with Crippen molar-refractivity contribution in [3.63, 3.8) is 0 Å². The molecular weight excluding hydrogens is 234 g/mol. The van der Waals surface area contributed by atoms with Gasteiger partial charge in [0, 0.05) is 18.0 Å². The van der Waals surface area contributed by atoms with Crippen molar-refractivity contribution in [1.82, 2.24) is 5.32 Å². The molecule has 1 spiro atoms. The smallest absolute Gasteiger partial charge is 0.124 e. The average molecular weight is 259 g/mol. The van der Waals surface area contributed by atoms with Gasteiger partial charge in [-0.1, -0.05) is 32.0 Å². The highest BCUT2D eigenvalue weighted by molar-refractivity contribution is 5.39. The largest absolute Gasteiger partial charge is 0.487 e. The van der Waals surface area contributed by atoms with Gasteiger partial charge in [0.1, 0.15) is 11.4 Å². The van der Waals surface area contributed by atoms with Crippen LogP contribution in [0.3, 0.4) is 0 Å². The van der Waals surface area contributed by atoms with Crippen LogP contribution in [-0.2, 0) is 0 Å². The first-order valence-electron chi connectivity index (χ1n) is 7.70. The summed E-state index contributed by atoms with van der Waals surface area (Å²) in [6, 6.07) is 9.03. The van der Waals surface area contributed by atoms with Crippen LogP contribution in [0.15, 0.2) is 24.3 Å². The molecule has 1 aliphatic heterocycles. The van der Waals surface area contributed by atoms with Crippen LogP contribution in [-0.4, -0.2) is 12.1 Å². The van der Waals surface area contributed by atoms with Crippen molar-refractivity contribution in [1.29, 1.82) is 0 Å². The number of hydrogen-bond donors (Lipinski definition) is 1. The molecule has 2 heteroatoms. The van der Waals surface area contributed by atoms with Crippen molar-refractivity contribution in [3.8, 4) is 5.75 Å². The van der Waals surface area contributed by atoms with E-state index in [1.807, 2.05) is 0 Å². The maximum Gasteiger partial charge on any atom is 0.124 e. The first-order valence-corrected chi connectivity index (χ1v) is 7.70. The van der Waals surface area contributed by atoms with Crippen molar-refractivity contribution in [3.05, 3.63) is 29.8 Å². The Labute approximate surface area is 116 Å². The van der Waals surface area contributed by atoms with Gasteiger partial charge in [-0.3, -0.25) is 0 Å². The van der Waals surface area contributed by atoms with Gasteiger partial charge in [-0.15, -0.1) is 0 Å². The third kappa shape index (κ3) is 2.64. The van der Waals surface area contributed by atoms with Crippen LogP contribution in [0.2, 0.25) is 0 Å². The fourth-order valence-corrected chi connectivity index (χ4v) is 3.50. The minimum Gasteiger partial charge on any atom is -0.487 e. The lowest BCUT2D eigenvalue weighted by atomic mass is 9.86. The minimum absolute atomic E-state index is 0.114. The monoisotopic (exact) mass is 259 g/mol. The van der Waals surface area contributed by atoms with Crippen molar-refractivity contribution in [2.24, 2.45) is 5.92 Å².